The molecule has 22 rings (SSSR count). The second kappa shape index (κ2) is 16.7. The van der Waals surface area contributed by atoms with Crippen LogP contribution in [0.15, 0.2) is 266 Å². The molecule has 0 saturated carbocycles. The number of thiophene rings is 2. The molecule has 0 N–H and O–H groups in total. The summed E-state index contributed by atoms with van der Waals surface area (Å²) in [5.74, 6) is 0. The maximum atomic E-state index is 2.71. The zero-order valence-corrected chi connectivity index (χ0v) is 48.8. The molecule has 88 heavy (non-hydrogen) atoms. The number of hydrogen-bond acceptors (Lipinski definition) is 4. The van der Waals surface area contributed by atoms with Gasteiger partial charge in [-0.15, -0.1) is 22.7 Å². The van der Waals surface area contributed by atoms with E-state index in [0.717, 1.165) is 5.69 Å². The molecule has 0 amide bonds. The third-order valence-corrected chi connectivity index (χ3v) is 22.3. The van der Waals surface area contributed by atoms with E-state index in [1.165, 1.54) is 191 Å². The van der Waals surface area contributed by atoms with E-state index < -0.39 is 0 Å². The zero-order chi connectivity index (χ0) is 56.8. The lowest BCUT2D eigenvalue weighted by molar-refractivity contribution is 1.27. The van der Waals surface area contributed by atoms with Crippen molar-refractivity contribution in [1.29, 1.82) is 0 Å². The maximum Gasteiger partial charge on any atom is 0.333 e. The zero-order valence-electron chi connectivity index (χ0n) is 47.2. The van der Waals surface area contributed by atoms with Gasteiger partial charge in [-0.3, -0.25) is 0 Å². The van der Waals surface area contributed by atoms with Crippen LogP contribution in [-0.4, -0.2) is 22.7 Å². The molecular formula is C80H44B2N4S2. The minimum absolute atomic E-state index is 0.0446. The first kappa shape index (κ1) is 46.6. The van der Waals surface area contributed by atoms with Gasteiger partial charge in [0.2, 0.25) is 0 Å². The molecule has 18 aromatic rings. The lowest BCUT2D eigenvalue weighted by atomic mass is 9.44. The van der Waals surface area contributed by atoms with E-state index in [4.69, 9.17) is 0 Å². The summed E-state index contributed by atoms with van der Waals surface area (Å²) in [7, 11) is 0. The van der Waals surface area contributed by atoms with E-state index in [1.54, 1.807) is 0 Å². The first-order valence-corrected chi connectivity index (χ1v) is 32.3. The van der Waals surface area contributed by atoms with Crippen LogP contribution in [0, 0.1) is 0 Å². The number of rotatable bonds is 3. The number of nitrogens with zero attached hydrogens (tertiary/aromatic N) is 4. The Kier molecular flexibility index (Phi) is 8.83. The van der Waals surface area contributed by atoms with E-state index >= 15 is 0 Å². The highest BCUT2D eigenvalue weighted by molar-refractivity contribution is 7.18. The number of fused-ring (bicyclic) bond motifs is 24. The first-order chi connectivity index (χ1) is 43.7. The van der Waals surface area contributed by atoms with Crippen molar-refractivity contribution < 1.29 is 0 Å². The number of para-hydroxylation sites is 3. The maximum absolute atomic E-state index is 2.71. The molecule has 402 valence electrons. The molecular weight excluding hydrogens is 1100 g/mol. The van der Waals surface area contributed by atoms with E-state index in [2.05, 4.69) is 284 Å². The smallest absolute Gasteiger partial charge is 0.333 e. The van der Waals surface area contributed by atoms with E-state index in [-0.39, 0.29) is 13.7 Å². The number of benzene rings is 14. The molecule has 0 spiro atoms. The highest BCUT2D eigenvalue weighted by Crippen LogP contribution is 2.54. The fourth-order valence-electron chi connectivity index (χ4n) is 17.1. The van der Waals surface area contributed by atoms with E-state index in [1.807, 2.05) is 22.7 Å². The standard InChI is InChI=1S/C80H44B2N4S2/c1-4-17-54-46(13-1)16-11-26-65(54)84-70-44-71-60(36-38-87-71)72-63-42-52(41-62-58-21-8-10-25-67(58)85(78(62)63)81(75(70)72)64-33-30-48-15-3-6-19-56(48)79(64)84)49-28-27-45-29-32-53(40-51(45)39-49)83-68-34-31-47-14-2-5-18-55(47)74(68)82-76-69(83)43-50-35-37-88-80(50)73(76)61-23-12-22-59-57-20-7-9-24-66(57)86(82)77(59)61/h1-44H. The fraction of sp³-hybridized carbons (Fsp3) is 0. The second-order valence-electron chi connectivity index (χ2n) is 24.6. The lowest BCUT2D eigenvalue weighted by Gasteiger charge is -2.41. The van der Waals surface area contributed by atoms with Crippen LogP contribution >= 0.6 is 22.7 Å². The predicted octanol–water partition coefficient (Wildman–Crippen LogP) is 19.4. The van der Waals surface area contributed by atoms with E-state index in [9.17, 15) is 0 Å². The number of anilines is 6. The second-order valence-corrected chi connectivity index (χ2v) is 26.5. The highest BCUT2D eigenvalue weighted by Gasteiger charge is 2.47. The molecule has 0 atom stereocenters. The van der Waals surface area contributed by atoms with Gasteiger partial charge in [-0.25, -0.2) is 0 Å². The summed E-state index contributed by atoms with van der Waals surface area (Å²) in [6.45, 7) is -0.116. The van der Waals surface area contributed by atoms with Gasteiger partial charge >= 0.3 is 13.7 Å². The first-order valence-electron chi connectivity index (χ1n) is 30.5. The van der Waals surface area contributed by atoms with Gasteiger partial charge in [0.25, 0.3) is 0 Å². The molecule has 4 aromatic heterocycles. The molecule has 8 heterocycles. The normalized spacial score (nSPS) is 13.6. The van der Waals surface area contributed by atoms with Crippen LogP contribution in [0.2, 0.25) is 0 Å². The van der Waals surface area contributed by atoms with Gasteiger partial charge in [0, 0.05) is 109 Å². The van der Waals surface area contributed by atoms with Crippen LogP contribution in [0.3, 0.4) is 0 Å². The van der Waals surface area contributed by atoms with Crippen molar-refractivity contribution in [3.8, 4) is 33.4 Å². The van der Waals surface area contributed by atoms with Crippen LogP contribution < -0.4 is 31.7 Å². The molecule has 0 fully saturated rings. The third-order valence-electron chi connectivity index (χ3n) is 20.5. The Balaban J connectivity index is 0.786. The van der Waals surface area contributed by atoms with Crippen molar-refractivity contribution in [2.24, 2.45) is 0 Å². The molecule has 0 bridgehead atoms. The summed E-state index contributed by atoms with van der Waals surface area (Å²) in [5, 5.41) is 22.3. The highest BCUT2D eigenvalue weighted by atomic mass is 32.1. The Morgan fingerprint density at radius 2 is 0.955 bits per heavy atom. The van der Waals surface area contributed by atoms with E-state index in [0.29, 0.717) is 0 Å². The van der Waals surface area contributed by atoms with Crippen LogP contribution in [0.25, 0.3) is 140 Å². The van der Waals surface area contributed by atoms with Gasteiger partial charge in [-0.2, -0.15) is 0 Å². The lowest BCUT2D eigenvalue weighted by Crippen LogP contribution is -2.57. The molecule has 8 heteroatoms. The molecule has 4 aliphatic heterocycles. The summed E-state index contributed by atoms with van der Waals surface area (Å²) in [5.41, 5.74) is 25.5. The Labute approximate surface area is 513 Å². The van der Waals surface area contributed by atoms with Gasteiger partial charge in [-0.05, 0) is 166 Å². The molecule has 4 nitrogen and oxygen atoms in total. The SMILES string of the molecule is c1ccc2c(N3c4cc5sccc5c5c4B(c4ccc6ccccc6c43)n3c4ccccc4c4cc(-c6ccc7ccc(N8c9cc%10ccsc%10c%10c9B(c9c8ccc8ccccc98)n8c9ccccc9c9cccc-%10c98)cc7c6)cc-5c43)cccc2c1. The van der Waals surface area contributed by atoms with Gasteiger partial charge in [-0.1, -0.05) is 176 Å². The molecule has 0 unspecified atom stereocenters. The van der Waals surface area contributed by atoms with Crippen LogP contribution in [-0.2, 0) is 0 Å². The molecule has 0 saturated heterocycles. The Hall–Kier alpha value is -10.6. The fourth-order valence-corrected chi connectivity index (χ4v) is 18.8. The Morgan fingerprint density at radius 1 is 0.307 bits per heavy atom. The van der Waals surface area contributed by atoms with Crippen molar-refractivity contribution in [3.63, 3.8) is 0 Å². The quantitative estimate of drug-likeness (QED) is 0.164. The van der Waals surface area contributed by atoms with Crippen molar-refractivity contribution in [3.05, 3.63) is 266 Å². The number of hydrogen-bond donors (Lipinski definition) is 0. The summed E-state index contributed by atoms with van der Waals surface area (Å²) < 4.78 is 8.05. The summed E-state index contributed by atoms with van der Waals surface area (Å²) in [6, 6.07) is 97.6. The molecule has 4 aliphatic rings. The topological polar surface area (TPSA) is 16.3 Å². The Bertz CT molecular complexity index is 6260. The van der Waals surface area contributed by atoms with Crippen LogP contribution in [0.4, 0.5) is 34.1 Å². The minimum atomic E-state index is -0.0717. The van der Waals surface area contributed by atoms with Crippen molar-refractivity contribution in [2.75, 3.05) is 9.80 Å². The van der Waals surface area contributed by atoms with Gasteiger partial charge < -0.3 is 18.8 Å². The average Bonchev–Trinajstić information content (AvgIpc) is 1.74. The van der Waals surface area contributed by atoms with Crippen molar-refractivity contribution >= 4 is 199 Å². The Morgan fingerprint density at radius 3 is 1.82 bits per heavy atom. The summed E-state index contributed by atoms with van der Waals surface area (Å²) >= 11 is 3.72. The summed E-state index contributed by atoms with van der Waals surface area (Å²) in [4.78, 5) is 5.23. The average molecular weight is 1150 g/mol. The van der Waals surface area contributed by atoms with Crippen molar-refractivity contribution in [1.82, 2.24) is 8.96 Å². The van der Waals surface area contributed by atoms with Crippen LogP contribution in [0.5, 0.6) is 0 Å². The van der Waals surface area contributed by atoms with Gasteiger partial charge in [0.1, 0.15) is 0 Å². The molecule has 0 radical (unpaired) electrons. The molecule has 0 aliphatic carbocycles. The monoisotopic (exact) mass is 1150 g/mol. The van der Waals surface area contributed by atoms with Gasteiger partial charge in [0.05, 0.1) is 11.4 Å². The van der Waals surface area contributed by atoms with Crippen molar-refractivity contribution in [2.45, 2.75) is 0 Å². The van der Waals surface area contributed by atoms with Crippen LogP contribution in [0.1, 0.15) is 0 Å². The summed E-state index contributed by atoms with van der Waals surface area (Å²) in [6.07, 6.45) is 0. The molecule has 14 aromatic carbocycles. The minimum Gasteiger partial charge on any atom is -0.375 e. The third kappa shape index (κ3) is 5.79. The predicted molar refractivity (Wildman–Crippen MR) is 380 cm³/mol. The number of aromatic nitrogens is 2. The largest absolute Gasteiger partial charge is 0.375 e. The van der Waals surface area contributed by atoms with Gasteiger partial charge in [0.15, 0.2) is 0 Å².